The van der Waals surface area contributed by atoms with Crippen LogP contribution in [0, 0.1) is 5.92 Å². The van der Waals surface area contributed by atoms with Gasteiger partial charge in [-0.15, -0.1) is 0 Å². The predicted molar refractivity (Wildman–Crippen MR) is 103 cm³/mol. The van der Waals surface area contributed by atoms with Crippen LogP contribution >= 0.6 is 0 Å². The number of aliphatic imine (C=N–C) groups is 1. The average molecular weight is 348 g/mol. The summed E-state index contributed by atoms with van der Waals surface area (Å²) in [4.78, 5) is 15.9. The SMILES string of the molecule is CCNC(=O)c1ccc(CNC(=NC)NCCCOCC(C)C)cc1. The zero-order valence-electron chi connectivity index (χ0n) is 15.9. The number of nitrogens with zero attached hydrogens (tertiary/aromatic N) is 1. The van der Waals surface area contributed by atoms with Crippen molar-refractivity contribution in [2.45, 2.75) is 33.7 Å². The maximum Gasteiger partial charge on any atom is 0.251 e. The van der Waals surface area contributed by atoms with E-state index in [1.165, 1.54) is 0 Å². The van der Waals surface area contributed by atoms with Crippen molar-refractivity contribution in [1.82, 2.24) is 16.0 Å². The topological polar surface area (TPSA) is 74.8 Å². The second-order valence-corrected chi connectivity index (χ2v) is 6.23. The van der Waals surface area contributed by atoms with Gasteiger partial charge in [0.15, 0.2) is 5.96 Å². The Morgan fingerprint density at radius 3 is 2.48 bits per heavy atom. The Balaban J connectivity index is 2.29. The molecule has 1 rings (SSSR count). The number of nitrogens with one attached hydrogen (secondary N) is 3. The van der Waals surface area contributed by atoms with E-state index in [2.05, 4.69) is 34.8 Å². The Morgan fingerprint density at radius 2 is 1.88 bits per heavy atom. The van der Waals surface area contributed by atoms with Crippen molar-refractivity contribution < 1.29 is 9.53 Å². The fraction of sp³-hybridized carbons (Fsp3) is 0.579. The van der Waals surface area contributed by atoms with E-state index in [9.17, 15) is 4.79 Å². The minimum absolute atomic E-state index is 0.0424. The Labute approximate surface area is 151 Å². The van der Waals surface area contributed by atoms with Crippen LogP contribution in [0.3, 0.4) is 0 Å². The lowest BCUT2D eigenvalue weighted by atomic mass is 10.1. The number of hydrogen-bond acceptors (Lipinski definition) is 3. The number of rotatable bonds is 10. The minimum atomic E-state index is -0.0424. The minimum Gasteiger partial charge on any atom is -0.381 e. The maximum atomic E-state index is 11.7. The zero-order chi connectivity index (χ0) is 18.5. The van der Waals surface area contributed by atoms with Gasteiger partial charge in [-0.1, -0.05) is 26.0 Å². The van der Waals surface area contributed by atoms with Gasteiger partial charge < -0.3 is 20.7 Å². The van der Waals surface area contributed by atoms with Crippen molar-refractivity contribution in [3.63, 3.8) is 0 Å². The van der Waals surface area contributed by atoms with Gasteiger partial charge in [0.25, 0.3) is 5.91 Å². The summed E-state index contributed by atoms with van der Waals surface area (Å²) < 4.78 is 5.55. The van der Waals surface area contributed by atoms with Crippen LogP contribution in [-0.4, -0.2) is 45.2 Å². The van der Waals surface area contributed by atoms with Crippen LogP contribution in [0.5, 0.6) is 0 Å². The molecule has 0 bridgehead atoms. The van der Waals surface area contributed by atoms with Crippen LogP contribution in [-0.2, 0) is 11.3 Å². The molecular weight excluding hydrogens is 316 g/mol. The first kappa shape index (κ1) is 21.0. The number of hydrogen-bond donors (Lipinski definition) is 3. The average Bonchev–Trinajstić information content (AvgIpc) is 2.61. The lowest BCUT2D eigenvalue weighted by molar-refractivity contribution is 0.0956. The number of carbonyl (C=O) groups excluding carboxylic acids is 1. The van der Waals surface area contributed by atoms with Gasteiger partial charge >= 0.3 is 0 Å². The molecule has 140 valence electrons. The van der Waals surface area contributed by atoms with E-state index >= 15 is 0 Å². The highest BCUT2D eigenvalue weighted by Crippen LogP contribution is 2.04. The fourth-order valence-electron chi connectivity index (χ4n) is 2.14. The molecule has 0 heterocycles. The molecule has 3 N–H and O–H groups in total. The molecule has 25 heavy (non-hydrogen) atoms. The van der Waals surface area contributed by atoms with Gasteiger partial charge in [-0.3, -0.25) is 9.79 Å². The number of amides is 1. The third-order valence-electron chi connectivity index (χ3n) is 3.45. The molecule has 6 heteroatoms. The Morgan fingerprint density at radius 1 is 1.16 bits per heavy atom. The molecule has 0 aromatic heterocycles. The van der Waals surface area contributed by atoms with Crippen LogP contribution in [0.15, 0.2) is 29.3 Å². The standard InChI is InChI=1S/C19H32N4O2/c1-5-21-18(24)17-9-7-16(8-10-17)13-23-19(20-4)22-11-6-12-25-14-15(2)3/h7-10,15H,5-6,11-14H2,1-4H3,(H,21,24)(H2,20,22,23). The summed E-state index contributed by atoms with van der Waals surface area (Å²) in [6.45, 7) is 9.85. The number of carbonyl (C=O) groups is 1. The Hall–Kier alpha value is -2.08. The monoisotopic (exact) mass is 348 g/mol. The van der Waals surface area contributed by atoms with Crippen LogP contribution in [0.2, 0.25) is 0 Å². The van der Waals surface area contributed by atoms with Gasteiger partial charge in [0.1, 0.15) is 0 Å². The summed E-state index contributed by atoms with van der Waals surface area (Å²) >= 11 is 0. The van der Waals surface area contributed by atoms with Crippen molar-refractivity contribution in [3.8, 4) is 0 Å². The van der Waals surface area contributed by atoms with E-state index in [0.29, 0.717) is 24.6 Å². The van der Waals surface area contributed by atoms with E-state index < -0.39 is 0 Å². The highest BCUT2D eigenvalue weighted by molar-refractivity contribution is 5.94. The van der Waals surface area contributed by atoms with E-state index in [0.717, 1.165) is 37.7 Å². The second kappa shape index (κ2) is 12.3. The molecule has 1 amide bonds. The number of ether oxygens (including phenoxy) is 1. The van der Waals surface area contributed by atoms with Gasteiger partial charge in [0.2, 0.25) is 0 Å². The fourth-order valence-corrected chi connectivity index (χ4v) is 2.14. The third kappa shape index (κ3) is 9.10. The molecule has 0 radical (unpaired) electrons. The van der Waals surface area contributed by atoms with E-state index in [1.807, 2.05) is 31.2 Å². The molecule has 0 saturated carbocycles. The molecule has 0 atom stereocenters. The molecule has 0 fully saturated rings. The van der Waals surface area contributed by atoms with Crippen molar-refractivity contribution in [2.75, 3.05) is 33.4 Å². The highest BCUT2D eigenvalue weighted by Gasteiger charge is 2.04. The van der Waals surface area contributed by atoms with Crippen LogP contribution in [0.1, 0.15) is 43.1 Å². The number of benzene rings is 1. The largest absolute Gasteiger partial charge is 0.381 e. The molecule has 1 aromatic rings. The summed E-state index contributed by atoms with van der Waals surface area (Å²) in [5, 5.41) is 9.33. The lowest BCUT2D eigenvalue weighted by Gasteiger charge is -2.12. The quantitative estimate of drug-likeness (QED) is 0.344. The number of guanidine groups is 1. The molecule has 0 aliphatic rings. The van der Waals surface area contributed by atoms with Gasteiger partial charge in [0.05, 0.1) is 0 Å². The van der Waals surface area contributed by atoms with Gasteiger partial charge in [-0.05, 0) is 37.0 Å². The predicted octanol–water partition coefficient (Wildman–Crippen LogP) is 2.16. The summed E-state index contributed by atoms with van der Waals surface area (Å²) in [6, 6.07) is 7.57. The Bertz CT molecular complexity index is 527. The summed E-state index contributed by atoms with van der Waals surface area (Å²) in [5.74, 6) is 1.29. The summed E-state index contributed by atoms with van der Waals surface area (Å²) in [5.41, 5.74) is 1.77. The highest BCUT2D eigenvalue weighted by atomic mass is 16.5. The molecule has 1 aromatic carbocycles. The third-order valence-corrected chi connectivity index (χ3v) is 3.45. The smallest absolute Gasteiger partial charge is 0.251 e. The first-order valence-corrected chi connectivity index (χ1v) is 8.96. The molecule has 0 unspecified atom stereocenters. The summed E-state index contributed by atoms with van der Waals surface area (Å²) in [6.07, 6.45) is 0.939. The molecule has 6 nitrogen and oxygen atoms in total. The van der Waals surface area contributed by atoms with Crippen molar-refractivity contribution in [1.29, 1.82) is 0 Å². The maximum absolute atomic E-state index is 11.7. The first-order chi connectivity index (χ1) is 12.1. The first-order valence-electron chi connectivity index (χ1n) is 8.96. The lowest BCUT2D eigenvalue weighted by Crippen LogP contribution is -2.37. The van der Waals surface area contributed by atoms with Gasteiger partial charge in [0, 0.05) is 45.5 Å². The van der Waals surface area contributed by atoms with E-state index in [4.69, 9.17) is 4.74 Å². The normalized spacial score (nSPS) is 11.5. The molecular formula is C19H32N4O2. The van der Waals surface area contributed by atoms with Crippen molar-refractivity contribution in [2.24, 2.45) is 10.9 Å². The van der Waals surface area contributed by atoms with Crippen LogP contribution in [0.25, 0.3) is 0 Å². The van der Waals surface area contributed by atoms with E-state index in [1.54, 1.807) is 7.05 Å². The molecule has 0 aliphatic heterocycles. The van der Waals surface area contributed by atoms with Crippen molar-refractivity contribution in [3.05, 3.63) is 35.4 Å². The zero-order valence-corrected chi connectivity index (χ0v) is 15.9. The van der Waals surface area contributed by atoms with E-state index in [-0.39, 0.29) is 5.91 Å². The molecule has 0 spiro atoms. The second-order valence-electron chi connectivity index (χ2n) is 6.23. The molecule has 0 saturated heterocycles. The van der Waals surface area contributed by atoms with Crippen LogP contribution in [0.4, 0.5) is 0 Å². The van der Waals surface area contributed by atoms with Gasteiger partial charge in [-0.2, -0.15) is 0 Å². The van der Waals surface area contributed by atoms with Gasteiger partial charge in [-0.25, -0.2) is 0 Å². The van der Waals surface area contributed by atoms with Crippen molar-refractivity contribution >= 4 is 11.9 Å². The Kier molecular flexibility index (Phi) is 10.3. The summed E-state index contributed by atoms with van der Waals surface area (Å²) in [7, 11) is 1.75. The molecule has 0 aliphatic carbocycles. The van der Waals surface area contributed by atoms with Crippen LogP contribution < -0.4 is 16.0 Å².